The quantitative estimate of drug-likeness (QED) is 0.166. The molecule has 10 nitrogen and oxygen atoms in total. The minimum absolute atomic E-state index is 0.00878. The van der Waals surface area contributed by atoms with Crippen LogP contribution in [0.25, 0.3) is 6.08 Å². The van der Waals surface area contributed by atoms with E-state index in [4.69, 9.17) is 9.47 Å². The summed E-state index contributed by atoms with van der Waals surface area (Å²) in [7, 11) is 2.62. The van der Waals surface area contributed by atoms with Gasteiger partial charge < -0.3 is 9.47 Å². The van der Waals surface area contributed by atoms with Gasteiger partial charge in [0.25, 0.3) is 17.5 Å². The van der Waals surface area contributed by atoms with Gasteiger partial charge in [0.1, 0.15) is 12.2 Å². The first-order valence-corrected chi connectivity index (χ1v) is 10.9. The van der Waals surface area contributed by atoms with Gasteiger partial charge in [-0.15, -0.1) is 0 Å². The molecule has 0 aliphatic carbocycles. The number of carbonyl (C=O) groups excluding carboxylic acids is 3. The lowest BCUT2D eigenvalue weighted by Crippen LogP contribution is -2.52. The van der Waals surface area contributed by atoms with Gasteiger partial charge in [-0.3, -0.25) is 29.5 Å². The SMILES string of the molecule is CCOc1cc(C=C2C(=O)N(C)C(=O)N(C)C2=O)cc(I)c1OCc1ccc([N+](=O)[O-])cc1. The molecule has 1 aliphatic rings. The van der Waals surface area contributed by atoms with Crippen molar-refractivity contribution in [1.82, 2.24) is 9.80 Å². The number of likely N-dealkylation sites (N-methyl/N-ethyl adjacent to an activating group) is 2. The number of nitrogens with zero attached hydrogens (tertiary/aromatic N) is 3. The third-order valence-corrected chi connectivity index (χ3v) is 5.62. The van der Waals surface area contributed by atoms with E-state index < -0.39 is 22.8 Å². The van der Waals surface area contributed by atoms with Gasteiger partial charge in [-0.1, -0.05) is 0 Å². The van der Waals surface area contributed by atoms with Crippen molar-refractivity contribution < 1.29 is 28.8 Å². The molecule has 4 amide bonds. The van der Waals surface area contributed by atoms with E-state index in [0.29, 0.717) is 27.2 Å². The standard InChI is InChI=1S/C22H20IN3O7/c1-4-32-18-11-14(9-16-20(27)24(2)22(29)25(3)21(16)28)10-17(23)19(18)33-12-13-5-7-15(8-6-13)26(30)31/h5-11H,4,12H2,1-3H3. The number of halogens is 1. The van der Waals surface area contributed by atoms with Crippen molar-refractivity contribution in [2.75, 3.05) is 20.7 Å². The maximum atomic E-state index is 12.5. The van der Waals surface area contributed by atoms with Crippen molar-refractivity contribution in [3.05, 3.63) is 66.8 Å². The molecule has 2 aromatic carbocycles. The van der Waals surface area contributed by atoms with Crippen LogP contribution in [0.4, 0.5) is 10.5 Å². The molecule has 11 heteroatoms. The molecule has 3 rings (SSSR count). The summed E-state index contributed by atoms with van der Waals surface area (Å²) in [6, 6.07) is 8.69. The molecule has 1 saturated heterocycles. The number of barbiturate groups is 1. The molecule has 0 radical (unpaired) electrons. The van der Waals surface area contributed by atoms with Gasteiger partial charge in [0, 0.05) is 26.2 Å². The summed E-state index contributed by atoms with van der Waals surface area (Å²) >= 11 is 2.06. The Kier molecular flexibility index (Phi) is 7.31. The average molecular weight is 565 g/mol. The molecule has 0 aromatic heterocycles. The fourth-order valence-corrected chi connectivity index (χ4v) is 3.87. The van der Waals surface area contributed by atoms with Crippen LogP contribution in [0.1, 0.15) is 18.1 Å². The maximum absolute atomic E-state index is 12.5. The molecule has 0 atom stereocenters. The lowest BCUT2D eigenvalue weighted by Gasteiger charge is -2.28. The van der Waals surface area contributed by atoms with Crippen molar-refractivity contribution in [2.45, 2.75) is 13.5 Å². The Hall–Kier alpha value is -3.48. The summed E-state index contributed by atoms with van der Waals surface area (Å²) in [6.45, 7) is 2.31. The van der Waals surface area contributed by atoms with Crippen LogP contribution in [0.3, 0.4) is 0 Å². The van der Waals surface area contributed by atoms with Gasteiger partial charge in [-0.05, 0) is 71.0 Å². The van der Waals surface area contributed by atoms with Crippen molar-refractivity contribution in [3.8, 4) is 11.5 Å². The molecule has 0 N–H and O–H groups in total. The summed E-state index contributed by atoms with van der Waals surface area (Å²) in [5.41, 5.74) is 1.11. The van der Waals surface area contributed by atoms with Crippen LogP contribution in [0.15, 0.2) is 42.0 Å². The number of hydrogen-bond acceptors (Lipinski definition) is 7. The van der Waals surface area contributed by atoms with Gasteiger partial charge in [0.15, 0.2) is 11.5 Å². The van der Waals surface area contributed by atoms with Gasteiger partial charge in [-0.2, -0.15) is 0 Å². The summed E-state index contributed by atoms with van der Waals surface area (Å²) in [5, 5.41) is 10.8. The van der Waals surface area contributed by atoms with E-state index in [-0.39, 0.29) is 17.9 Å². The number of amides is 4. The highest BCUT2D eigenvalue weighted by Crippen LogP contribution is 2.36. The number of urea groups is 1. The first-order valence-electron chi connectivity index (χ1n) is 9.78. The van der Waals surface area contributed by atoms with Crippen molar-refractivity contribution in [3.63, 3.8) is 0 Å². The number of hydrogen-bond donors (Lipinski definition) is 0. The molecule has 172 valence electrons. The Morgan fingerprint density at radius 3 is 2.18 bits per heavy atom. The largest absolute Gasteiger partial charge is 0.490 e. The summed E-state index contributed by atoms with van der Waals surface area (Å²) in [5.74, 6) is -0.501. The number of non-ortho nitro benzene ring substituents is 1. The lowest BCUT2D eigenvalue weighted by molar-refractivity contribution is -0.384. The highest BCUT2D eigenvalue weighted by Gasteiger charge is 2.37. The minimum atomic E-state index is -0.693. The fourth-order valence-electron chi connectivity index (χ4n) is 3.09. The first kappa shape index (κ1) is 24.2. The molecule has 0 spiro atoms. The Balaban J connectivity index is 1.90. The zero-order valence-electron chi connectivity index (χ0n) is 18.0. The van der Waals surface area contributed by atoms with Gasteiger partial charge in [0.2, 0.25) is 0 Å². The molecule has 2 aromatic rings. The van der Waals surface area contributed by atoms with E-state index in [9.17, 15) is 24.5 Å². The second-order valence-electron chi connectivity index (χ2n) is 7.04. The topological polar surface area (TPSA) is 119 Å². The highest BCUT2D eigenvalue weighted by molar-refractivity contribution is 14.1. The van der Waals surface area contributed by atoms with Crippen LogP contribution < -0.4 is 9.47 Å². The van der Waals surface area contributed by atoms with E-state index in [1.54, 1.807) is 24.3 Å². The zero-order chi connectivity index (χ0) is 24.3. The van der Waals surface area contributed by atoms with E-state index in [1.165, 1.54) is 32.3 Å². The number of rotatable bonds is 7. The van der Waals surface area contributed by atoms with Crippen LogP contribution in [0.5, 0.6) is 11.5 Å². The van der Waals surface area contributed by atoms with Gasteiger partial charge in [-0.25, -0.2) is 4.79 Å². The van der Waals surface area contributed by atoms with E-state index in [2.05, 4.69) is 22.6 Å². The number of ether oxygens (including phenoxy) is 2. The average Bonchev–Trinajstić information content (AvgIpc) is 2.79. The molecule has 1 aliphatic heterocycles. The monoisotopic (exact) mass is 565 g/mol. The van der Waals surface area contributed by atoms with Crippen LogP contribution in [-0.2, 0) is 16.2 Å². The van der Waals surface area contributed by atoms with Crippen molar-refractivity contribution >= 4 is 52.2 Å². The molecule has 1 heterocycles. The Morgan fingerprint density at radius 1 is 1.03 bits per heavy atom. The maximum Gasteiger partial charge on any atom is 0.333 e. The van der Waals surface area contributed by atoms with E-state index in [0.717, 1.165) is 15.4 Å². The van der Waals surface area contributed by atoms with Gasteiger partial charge >= 0.3 is 6.03 Å². The van der Waals surface area contributed by atoms with Gasteiger partial charge in [0.05, 0.1) is 15.1 Å². The highest BCUT2D eigenvalue weighted by atomic mass is 127. The van der Waals surface area contributed by atoms with Crippen molar-refractivity contribution in [1.29, 1.82) is 0 Å². The Morgan fingerprint density at radius 2 is 1.64 bits per heavy atom. The zero-order valence-corrected chi connectivity index (χ0v) is 20.2. The van der Waals surface area contributed by atoms with E-state index in [1.807, 2.05) is 6.92 Å². The Labute approximate surface area is 203 Å². The molecule has 0 saturated carbocycles. The predicted octanol–water partition coefficient (Wildman–Crippen LogP) is 3.61. The molecular formula is C22H20IN3O7. The summed E-state index contributed by atoms with van der Waals surface area (Å²) in [4.78, 5) is 49.0. The van der Waals surface area contributed by atoms with Crippen LogP contribution >= 0.6 is 22.6 Å². The van der Waals surface area contributed by atoms with E-state index >= 15 is 0 Å². The smallest absolute Gasteiger partial charge is 0.333 e. The fraction of sp³-hybridized carbons (Fsp3) is 0.227. The minimum Gasteiger partial charge on any atom is -0.490 e. The number of nitro benzene ring substituents is 1. The summed E-state index contributed by atoms with van der Waals surface area (Å²) in [6.07, 6.45) is 1.41. The lowest BCUT2D eigenvalue weighted by atomic mass is 10.1. The molecule has 0 unspecified atom stereocenters. The summed E-state index contributed by atoms with van der Waals surface area (Å²) < 4.78 is 12.3. The van der Waals surface area contributed by atoms with Crippen LogP contribution in [-0.4, -0.2) is 53.3 Å². The number of benzene rings is 2. The van der Waals surface area contributed by atoms with Crippen LogP contribution in [0, 0.1) is 13.7 Å². The molecular weight excluding hydrogens is 545 g/mol. The second kappa shape index (κ2) is 9.98. The molecule has 0 bridgehead atoms. The second-order valence-corrected chi connectivity index (χ2v) is 8.21. The third-order valence-electron chi connectivity index (χ3n) is 4.82. The van der Waals surface area contributed by atoms with Crippen LogP contribution in [0.2, 0.25) is 0 Å². The third kappa shape index (κ3) is 5.13. The van der Waals surface area contributed by atoms with Crippen molar-refractivity contribution in [2.24, 2.45) is 0 Å². The predicted molar refractivity (Wildman–Crippen MR) is 127 cm³/mol. The molecule has 1 fully saturated rings. The number of carbonyl (C=O) groups is 3. The molecule has 33 heavy (non-hydrogen) atoms. The Bertz CT molecular complexity index is 1140. The first-order chi connectivity index (χ1) is 15.6. The number of nitro groups is 1. The normalized spacial score (nSPS) is 13.9. The number of imide groups is 2.